The van der Waals surface area contributed by atoms with E-state index in [1.165, 1.54) is 6.92 Å². The van der Waals surface area contributed by atoms with E-state index < -0.39 is 67.3 Å². The van der Waals surface area contributed by atoms with Crippen molar-refractivity contribution < 1.29 is 57.1 Å². The number of ether oxygens (including phenoxy) is 7. The Kier molecular flexibility index (Phi) is 12.7. The second kappa shape index (κ2) is 16.9. The minimum atomic E-state index is -2.05. The topological polar surface area (TPSA) is 162 Å². The van der Waals surface area contributed by atoms with Crippen LogP contribution in [0.5, 0.6) is 5.75 Å². The summed E-state index contributed by atoms with van der Waals surface area (Å²) in [7, 11) is 1.55. The molecule has 0 aromatic heterocycles. The van der Waals surface area contributed by atoms with Gasteiger partial charge in [0.2, 0.25) is 11.9 Å². The summed E-state index contributed by atoms with van der Waals surface area (Å²) in [6.07, 6.45) is -5.76. The summed E-state index contributed by atoms with van der Waals surface area (Å²) in [6, 6.07) is 21.5. The lowest BCUT2D eigenvalue weighted by Crippen LogP contribution is -2.72. The molecule has 0 saturated carbocycles. The molecule has 5 atom stereocenters. The van der Waals surface area contributed by atoms with Gasteiger partial charge >= 0.3 is 23.9 Å². The zero-order valence-electron chi connectivity index (χ0n) is 28.8. The molecule has 3 aromatic rings. The molecule has 3 aromatic carbocycles. The Bertz CT molecular complexity index is 1690. The van der Waals surface area contributed by atoms with Crippen LogP contribution in [0.3, 0.4) is 0 Å². The van der Waals surface area contributed by atoms with Crippen molar-refractivity contribution in [2.24, 2.45) is 0 Å². The van der Waals surface area contributed by atoms with Gasteiger partial charge in [-0.25, -0.2) is 0 Å². The smallest absolute Gasteiger partial charge is 0.303 e. The number of rotatable bonds is 13. The first-order chi connectivity index (χ1) is 23.8. The molecule has 0 aliphatic carbocycles. The zero-order valence-corrected chi connectivity index (χ0v) is 28.8. The summed E-state index contributed by atoms with van der Waals surface area (Å²) in [4.78, 5) is 61.9. The molecule has 1 fully saturated rings. The Morgan fingerprint density at radius 1 is 0.800 bits per heavy atom. The molecule has 1 aliphatic rings. The van der Waals surface area contributed by atoms with Gasteiger partial charge in [0.25, 0.3) is 5.91 Å². The van der Waals surface area contributed by atoms with Gasteiger partial charge in [0, 0.05) is 40.3 Å². The number of benzene rings is 3. The predicted molar refractivity (Wildman–Crippen MR) is 178 cm³/mol. The van der Waals surface area contributed by atoms with E-state index >= 15 is 0 Å². The Morgan fingerprint density at radius 3 is 2.12 bits per heavy atom. The van der Waals surface area contributed by atoms with Crippen molar-refractivity contribution in [1.29, 1.82) is 0 Å². The Balaban J connectivity index is 1.81. The fraction of sp³-hybridized carbons (Fsp3) is 0.378. The lowest BCUT2D eigenvalue weighted by molar-refractivity contribution is -0.335. The van der Waals surface area contributed by atoms with Gasteiger partial charge in [0.05, 0.1) is 13.2 Å². The molecule has 1 heterocycles. The molecule has 0 bridgehead atoms. The van der Waals surface area contributed by atoms with Crippen LogP contribution >= 0.6 is 0 Å². The molecular formula is C37H41NO12. The number of carbonyl (C=O) groups is 5. The average Bonchev–Trinajstić information content (AvgIpc) is 3.07. The van der Waals surface area contributed by atoms with Gasteiger partial charge in [-0.2, -0.15) is 0 Å². The number of carbonyl (C=O) groups excluding carboxylic acids is 5. The lowest BCUT2D eigenvalue weighted by Gasteiger charge is -2.50. The van der Waals surface area contributed by atoms with Crippen LogP contribution in [-0.4, -0.2) is 80.2 Å². The molecule has 13 nitrogen and oxygen atoms in total. The highest BCUT2D eigenvalue weighted by Gasteiger charge is 2.64. The largest absolute Gasteiger partial charge is 0.463 e. The van der Waals surface area contributed by atoms with Gasteiger partial charge in [-0.1, -0.05) is 48.5 Å². The first-order valence-electron chi connectivity index (χ1n) is 15.9. The number of esters is 4. The molecule has 1 saturated heterocycles. The van der Waals surface area contributed by atoms with E-state index in [9.17, 15) is 24.0 Å². The minimum absolute atomic E-state index is 0.0569. The molecule has 13 heteroatoms. The molecule has 0 spiro atoms. The van der Waals surface area contributed by atoms with E-state index in [0.29, 0.717) is 16.9 Å². The predicted octanol–water partition coefficient (Wildman–Crippen LogP) is 4.07. The van der Waals surface area contributed by atoms with Crippen LogP contribution in [0.1, 0.15) is 49.2 Å². The molecule has 0 unspecified atom stereocenters. The van der Waals surface area contributed by atoms with E-state index in [1.54, 1.807) is 44.3 Å². The third-order valence-corrected chi connectivity index (χ3v) is 7.76. The second-order valence-electron chi connectivity index (χ2n) is 11.7. The molecule has 1 amide bonds. The maximum atomic E-state index is 12.8. The van der Waals surface area contributed by atoms with E-state index in [1.807, 2.05) is 42.5 Å². The SMILES string of the molecule is CNC(=O)c1cccc(-c2ccc(O[C@H]3O[C@H](COC(C)=O)[C@@H](OC(C)=O)[C@H](OC(C)=O)[C@]3(COCc3ccccc3)OC(C)=O)c(C)c2)c1. The van der Waals surface area contributed by atoms with Crippen molar-refractivity contribution in [3.05, 3.63) is 89.5 Å². The molecule has 0 radical (unpaired) electrons. The molecule has 1 aliphatic heterocycles. The van der Waals surface area contributed by atoms with Gasteiger partial charge in [-0.15, -0.1) is 0 Å². The van der Waals surface area contributed by atoms with Crippen LogP contribution in [0.15, 0.2) is 72.8 Å². The fourth-order valence-electron chi connectivity index (χ4n) is 5.61. The molecular weight excluding hydrogens is 650 g/mol. The second-order valence-corrected chi connectivity index (χ2v) is 11.7. The number of aryl methyl sites for hydroxylation is 1. The van der Waals surface area contributed by atoms with Crippen LogP contribution in [0.4, 0.5) is 0 Å². The Hall–Kier alpha value is -5.27. The number of hydrogen-bond donors (Lipinski definition) is 1. The maximum Gasteiger partial charge on any atom is 0.303 e. The minimum Gasteiger partial charge on any atom is -0.463 e. The number of nitrogens with one attached hydrogen (secondary N) is 1. The Morgan fingerprint density at radius 2 is 1.50 bits per heavy atom. The van der Waals surface area contributed by atoms with Crippen molar-refractivity contribution >= 4 is 29.8 Å². The number of amides is 1. The molecule has 1 N–H and O–H groups in total. The molecule has 4 rings (SSSR count). The third-order valence-electron chi connectivity index (χ3n) is 7.76. The summed E-state index contributed by atoms with van der Waals surface area (Å²) in [5.41, 5.74) is 1.41. The van der Waals surface area contributed by atoms with Crippen LogP contribution < -0.4 is 10.1 Å². The highest BCUT2D eigenvalue weighted by atomic mass is 16.7. The highest BCUT2D eigenvalue weighted by Crippen LogP contribution is 2.40. The quantitative estimate of drug-likeness (QED) is 0.202. The highest BCUT2D eigenvalue weighted by molar-refractivity contribution is 5.95. The standard InChI is InChI=1S/C37H41NO12/c1-22-17-29(28-13-10-14-30(18-28)35(43)38-6)15-16-31(22)48-36-37(50-26(5)42,21-44-19-27-11-8-7-9-12-27)34(47-25(4)41)33(46-24(3)40)32(49-36)20-45-23(2)39/h7-18,32-34,36H,19-21H2,1-6H3,(H,38,43)/t32-,33-,34+,36+,37+/m1/s1. The van der Waals surface area contributed by atoms with E-state index in [4.69, 9.17) is 33.2 Å². The first-order valence-corrected chi connectivity index (χ1v) is 15.9. The van der Waals surface area contributed by atoms with E-state index in [2.05, 4.69) is 5.32 Å². The van der Waals surface area contributed by atoms with Crippen molar-refractivity contribution in [2.45, 2.75) is 71.4 Å². The van der Waals surface area contributed by atoms with Gasteiger partial charge in [-0.3, -0.25) is 24.0 Å². The van der Waals surface area contributed by atoms with Gasteiger partial charge in [0.1, 0.15) is 18.5 Å². The normalized spacial score (nSPS) is 21.3. The van der Waals surface area contributed by atoms with Crippen molar-refractivity contribution in [3.8, 4) is 16.9 Å². The molecule has 266 valence electrons. The molecule has 50 heavy (non-hydrogen) atoms. The van der Waals surface area contributed by atoms with Crippen LogP contribution in [0, 0.1) is 6.92 Å². The lowest BCUT2D eigenvalue weighted by atomic mass is 9.85. The Labute approximate surface area is 290 Å². The van der Waals surface area contributed by atoms with Gasteiger partial charge < -0.3 is 38.5 Å². The zero-order chi connectivity index (χ0) is 36.4. The summed E-state index contributed by atoms with van der Waals surface area (Å²) in [5.74, 6) is -2.95. The van der Waals surface area contributed by atoms with Gasteiger partial charge in [-0.05, 0) is 53.4 Å². The summed E-state index contributed by atoms with van der Waals surface area (Å²) < 4.78 is 41.5. The van der Waals surface area contributed by atoms with Crippen LogP contribution in [0.2, 0.25) is 0 Å². The van der Waals surface area contributed by atoms with Crippen molar-refractivity contribution in [2.75, 3.05) is 20.3 Å². The summed E-state index contributed by atoms with van der Waals surface area (Å²) in [5, 5.41) is 2.61. The monoisotopic (exact) mass is 691 g/mol. The third kappa shape index (κ3) is 9.45. The van der Waals surface area contributed by atoms with Gasteiger partial charge in [0.15, 0.2) is 12.2 Å². The van der Waals surface area contributed by atoms with Crippen molar-refractivity contribution in [3.63, 3.8) is 0 Å². The van der Waals surface area contributed by atoms with Crippen LogP contribution in [0.25, 0.3) is 11.1 Å². The fourth-order valence-corrected chi connectivity index (χ4v) is 5.61. The van der Waals surface area contributed by atoms with E-state index in [0.717, 1.165) is 37.5 Å². The van der Waals surface area contributed by atoms with Crippen molar-refractivity contribution in [1.82, 2.24) is 5.32 Å². The maximum absolute atomic E-state index is 12.8. The number of hydrogen-bond acceptors (Lipinski definition) is 12. The van der Waals surface area contributed by atoms with Crippen LogP contribution in [-0.2, 0) is 54.2 Å². The first kappa shape index (κ1) is 37.5. The van der Waals surface area contributed by atoms with E-state index in [-0.39, 0.29) is 12.5 Å². The summed E-state index contributed by atoms with van der Waals surface area (Å²) in [6.45, 7) is 5.61. The summed E-state index contributed by atoms with van der Waals surface area (Å²) >= 11 is 0. The average molecular weight is 692 g/mol.